The van der Waals surface area contributed by atoms with Crippen molar-refractivity contribution in [3.8, 4) is 0 Å². The Hall–Kier alpha value is -1.71. The quantitative estimate of drug-likeness (QED) is 0.165. The van der Waals surface area contributed by atoms with E-state index in [9.17, 15) is 24.4 Å². The summed E-state index contributed by atoms with van der Waals surface area (Å²) in [7, 11) is -1.84. The summed E-state index contributed by atoms with van der Waals surface area (Å²) in [4.78, 5) is 35.1. The molecular formula is C14H23BN2O6. The number of carbonyl (C=O) groups excluding carboxylic acids is 2. The maximum atomic E-state index is 12.1. The van der Waals surface area contributed by atoms with E-state index in [1.807, 2.05) is 0 Å². The molecule has 1 heterocycles. The molecule has 8 nitrogen and oxygen atoms in total. The Kier molecular flexibility index (Phi) is 7.40. The van der Waals surface area contributed by atoms with Crippen molar-refractivity contribution >= 4 is 24.8 Å². The van der Waals surface area contributed by atoms with Crippen LogP contribution in [-0.4, -0.2) is 58.5 Å². The number of Topliss-reactive ketones (excluding diaryl/α,β-unsaturated/α-hetero) is 1. The average Bonchev–Trinajstić information content (AvgIpc) is 3.00. The number of carbonyl (C=O) groups is 3. The normalized spacial score (nSPS) is 20.7. The number of carboxylic acid groups (broad SMARTS) is 1. The number of amides is 1. The molecule has 0 aliphatic carbocycles. The third-order valence-corrected chi connectivity index (χ3v) is 3.90. The molecule has 0 saturated carbocycles. The number of allylic oxidation sites excluding steroid dienone is 1. The Balaban J connectivity index is 2.69. The average molecular weight is 326 g/mol. The van der Waals surface area contributed by atoms with Crippen molar-refractivity contribution in [1.82, 2.24) is 10.6 Å². The lowest BCUT2D eigenvalue weighted by molar-refractivity contribution is -0.135. The van der Waals surface area contributed by atoms with Crippen LogP contribution in [0.3, 0.4) is 0 Å². The molecule has 128 valence electrons. The van der Waals surface area contributed by atoms with E-state index in [1.54, 1.807) is 0 Å². The van der Waals surface area contributed by atoms with E-state index >= 15 is 0 Å². The van der Waals surface area contributed by atoms with Gasteiger partial charge in [-0.2, -0.15) is 0 Å². The van der Waals surface area contributed by atoms with E-state index < -0.39 is 30.7 Å². The van der Waals surface area contributed by atoms with Gasteiger partial charge in [-0.1, -0.05) is 13.0 Å². The van der Waals surface area contributed by atoms with Gasteiger partial charge in [0.25, 0.3) is 0 Å². The van der Waals surface area contributed by atoms with Gasteiger partial charge in [0.2, 0.25) is 5.91 Å². The standard InChI is InChI=1S/C14H23BN2O6/c1-3-9(14(20)21)12(18)8(2)7-11(15(22)23)17-13(19)10-5-4-6-16-10/h3,8,10-11,16,22-23H,4-7H2,1-2H3,(H,17,19)(H,20,21)/b9-3+. The zero-order chi connectivity index (χ0) is 17.6. The van der Waals surface area contributed by atoms with E-state index in [1.165, 1.54) is 19.9 Å². The molecule has 9 heteroatoms. The van der Waals surface area contributed by atoms with Crippen LogP contribution >= 0.6 is 0 Å². The number of hydrogen-bond acceptors (Lipinski definition) is 6. The zero-order valence-corrected chi connectivity index (χ0v) is 13.3. The number of rotatable bonds is 8. The summed E-state index contributed by atoms with van der Waals surface area (Å²) in [5.74, 6) is -4.12. The van der Waals surface area contributed by atoms with Crippen molar-refractivity contribution in [1.29, 1.82) is 0 Å². The highest BCUT2D eigenvalue weighted by atomic mass is 16.4. The number of hydrogen-bond donors (Lipinski definition) is 5. The number of ketones is 1. The highest BCUT2D eigenvalue weighted by Gasteiger charge is 2.33. The topological polar surface area (TPSA) is 136 Å². The number of aliphatic carboxylic acids is 1. The van der Waals surface area contributed by atoms with Crippen molar-refractivity contribution in [2.24, 2.45) is 5.92 Å². The molecule has 3 unspecified atom stereocenters. The Bertz CT molecular complexity index is 488. The van der Waals surface area contributed by atoms with Crippen LogP contribution in [0, 0.1) is 5.92 Å². The summed E-state index contributed by atoms with van der Waals surface area (Å²) in [6.45, 7) is 3.66. The molecule has 23 heavy (non-hydrogen) atoms. The lowest BCUT2D eigenvalue weighted by Crippen LogP contribution is -2.52. The van der Waals surface area contributed by atoms with Gasteiger partial charge in [0.1, 0.15) is 0 Å². The first kappa shape index (κ1) is 19.3. The number of carboxylic acids is 1. The molecule has 1 aliphatic rings. The largest absolute Gasteiger partial charge is 0.478 e. The van der Waals surface area contributed by atoms with Gasteiger partial charge in [-0.15, -0.1) is 0 Å². The fourth-order valence-electron chi connectivity index (χ4n) is 2.57. The predicted molar refractivity (Wildman–Crippen MR) is 83.3 cm³/mol. The van der Waals surface area contributed by atoms with Crippen LogP contribution in [0.2, 0.25) is 0 Å². The summed E-state index contributed by atoms with van der Waals surface area (Å²) < 4.78 is 0. The Morgan fingerprint density at radius 3 is 2.48 bits per heavy atom. The molecule has 0 aromatic rings. The first-order valence-electron chi connectivity index (χ1n) is 7.61. The second kappa shape index (κ2) is 8.80. The second-order valence-corrected chi connectivity index (χ2v) is 5.69. The van der Waals surface area contributed by atoms with Gasteiger partial charge < -0.3 is 25.8 Å². The third kappa shape index (κ3) is 5.45. The van der Waals surface area contributed by atoms with Gasteiger partial charge >= 0.3 is 13.1 Å². The third-order valence-electron chi connectivity index (χ3n) is 3.90. The van der Waals surface area contributed by atoms with Crippen LogP contribution in [0.25, 0.3) is 0 Å². The lowest BCUT2D eigenvalue weighted by Gasteiger charge is -2.22. The van der Waals surface area contributed by atoms with Crippen LogP contribution in [0.5, 0.6) is 0 Å². The minimum atomic E-state index is -1.84. The van der Waals surface area contributed by atoms with Crippen molar-refractivity contribution in [2.45, 2.75) is 45.1 Å². The molecule has 1 fully saturated rings. The summed E-state index contributed by atoms with van der Waals surface area (Å²) in [6.07, 6.45) is 2.66. The number of nitrogens with one attached hydrogen (secondary N) is 2. The minimum Gasteiger partial charge on any atom is -0.478 e. The van der Waals surface area contributed by atoms with E-state index in [4.69, 9.17) is 5.11 Å². The Morgan fingerprint density at radius 1 is 1.39 bits per heavy atom. The molecule has 0 spiro atoms. The molecule has 3 atom stereocenters. The fourth-order valence-corrected chi connectivity index (χ4v) is 2.57. The van der Waals surface area contributed by atoms with Crippen LogP contribution in [0.1, 0.15) is 33.1 Å². The predicted octanol–water partition coefficient (Wildman–Crippen LogP) is -1.14. The van der Waals surface area contributed by atoms with E-state index in [0.717, 1.165) is 13.0 Å². The zero-order valence-electron chi connectivity index (χ0n) is 13.3. The van der Waals surface area contributed by atoms with Gasteiger partial charge in [0, 0.05) is 5.92 Å². The van der Waals surface area contributed by atoms with Gasteiger partial charge in [-0.05, 0) is 32.7 Å². The molecule has 1 amide bonds. The van der Waals surface area contributed by atoms with Gasteiger partial charge in [0.05, 0.1) is 17.6 Å². The molecule has 1 rings (SSSR count). The Morgan fingerprint density at radius 2 is 2.04 bits per heavy atom. The first-order valence-corrected chi connectivity index (χ1v) is 7.61. The first-order chi connectivity index (χ1) is 10.8. The van der Waals surface area contributed by atoms with Crippen molar-refractivity contribution < 1.29 is 29.5 Å². The van der Waals surface area contributed by atoms with Crippen LogP contribution in [0.4, 0.5) is 0 Å². The summed E-state index contributed by atoms with van der Waals surface area (Å²) >= 11 is 0. The minimum absolute atomic E-state index is 0.0699. The molecule has 0 radical (unpaired) electrons. The molecule has 5 N–H and O–H groups in total. The maximum absolute atomic E-state index is 12.1. The molecule has 0 aromatic heterocycles. The summed E-state index contributed by atoms with van der Waals surface area (Å²) in [5, 5.41) is 33.3. The highest BCUT2D eigenvalue weighted by molar-refractivity contribution is 6.43. The summed E-state index contributed by atoms with van der Waals surface area (Å²) in [6, 6.07) is -0.382. The monoisotopic (exact) mass is 326 g/mol. The van der Waals surface area contributed by atoms with Crippen LogP contribution < -0.4 is 10.6 Å². The second-order valence-electron chi connectivity index (χ2n) is 5.69. The van der Waals surface area contributed by atoms with Gasteiger partial charge in [-0.3, -0.25) is 9.59 Å². The van der Waals surface area contributed by atoms with Crippen LogP contribution in [0.15, 0.2) is 11.6 Å². The smallest absolute Gasteiger partial charge is 0.475 e. The van der Waals surface area contributed by atoms with Crippen molar-refractivity contribution in [3.63, 3.8) is 0 Å². The molecule has 1 aliphatic heterocycles. The van der Waals surface area contributed by atoms with Crippen molar-refractivity contribution in [2.75, 3.05) is 6.54 Å². The van der Waals surface area contributed by atoms with E-state index in [2.05, 4.69) is 10.6 Å². The lowest BCUT2D eigenvalue weighted by atomic mass is 9.73. The van der Waals surface area contributed by atoms with E-state index in [0.29, 0.717) is 6.42 Å². The summed E-state index contributed by atoms with van der Waals surface area (Å²) in [5.41, 5.74) is -0.354. The molecule has 1 saturated heterocycles. The van der Waals surface area contributed by atoms with Gasteiger partial charge in [0.15, 0.2) is 5.78 Å². The molecule has 0 bridgehead atoms. The van der Waals surface area contributed by atoms with E-state index in [-0.39, 0.29) is 23.9 Å². The van der Waals surface area contributed by atoms with Gasteiger partial charge in [-0.25, -0.2) is 4.79 Å². The van der Waals surface area contributed by atoms with Crippen LogP contribution in [-0.2, 0) is 14.4 Å². The Labute approximate surface area is 135 Å². The molecule has 0 aromatic carbocycles. The fraction of sp³-hybridized carbons (Fsp3) is 0.643. The van der Waals surface area contributed by atoms with Crippen molar-refractivity contribution in [3.05, 3.63) is 11.6 Å². The maximum Gasteiger partial charge on any atom is 0.475 e. The highest BCUT2D eigenvalue weighted by Crippen LogP contribution is 2.15. The SMILES string of the molecule is C/C=C(/C(=O)O)C(=O)C(C)CC(NC(=O)C1CCCN1)B(O)O. The molecular weight excluding hydrogens is 303 g/mol.